The number of benzene rings is 1. The first-order valence-electron chi connectivity index (χ1n) is 17.0. The summed E-state index contributed by atoms with van der Waals surface area (Å²) in [7, 11) is 0. The molecule has 0 spiro atoms. The molecule has 12 heteroatoms. The molecule has 7 rings (SSSR count). The van der Waals surface area contributed by atoms with E-state index in [1.165, 1.54) is 0 Å². The molecule has 4 amide bonds. The van der Waals surface area contributed by atoms with Crippen molar-refractivity contribution in [2.75, 3.05) is 36.4 Å². The summed E-state index contributed by atoms with van der Waals surface area (Å²) in [5.41, 5.74) is 5.44. The van der Waals surface area contributed by atoms with E-state index in [4.69, 9.17) is 0 Å². The van der Waals surface area contributed by atoms with Crippen LogP contribution in [-0.4, -0.2) is 74.7 Å². The number of imide groups is 1. The number of piperazine rings is 1. The number of aromatic nitrogens is 4. The minimum absolute atomic E-state index is 0.0242. The second-order valence-corrected chi connectivity index (χ2v) is 14.4. The zero-order chi connectivity index (χ0) is 32.7. The number of nitrogens with one attached hydrogen (secondary N) is 3. The molecule has 4 heterocycles. The van der Waals surface area contributed by atoms with Gasteiger partial charge in [0.25, 0.3) is 5.91 Å². The molecule has 2 aliphatic carbocycles. The average molecular weight is 641 g/mol. The Bertz CT molecular complexity index is 1660. The van der Waals surface area contributed by atoms with Crippen LogP contribution in [0, 0.1) is 11.3 Å². The van der Waals surface area contributed by atoms with Crippen LogP contribution in [0.25, 0.3) is 0 Å². The van der Waals surface area contributed by atoms with Crippen LogP contribution in [0.4, 0.5) is 11.4 Å². The SMILES string of the molecule is CC1(C)CCc2c(C(=O)Nc3cnn(C4CCC(C(=O)N5CCN(c6ccc([C@H]7CCC(=O)NC7=O)cc6)CC5)CC4)c3)n[nH]c2C1. The number of hydrogen-bond acceptors (Lipinski definition) is 7. The lowest BCUT2D eigenvalue weighted by Crippen LogP contribution is -2.50. The topological polar surface area (TPSA) is 145 Å². The number of piperidine rings is 1. The number of rotatable bonds is 6. The Morgan fingerprint density at radius 1 is 0.957 bits per heavy atom. The van der Waals surface area contributed by atoms with Crippen LogP contribution in [0.5, 0.6) is 0 Å². The quantitative estimate of drug-likeness (QED) is 0.346. The fraction of sp³-hybridized carbons (Fsp3) is 0.543. The van der Waals surface area contributed by atoms with Crippen LogP contribution in [0.1, 0.15) is 98.1 Å². The van der Waals surface area contributed by atoms with Gasteiger partial charge in [0.05, 0.1) is 23.8 Å². The number of nitrogens with zero attached hydrogens (tertiary/aromatic N) is 5. The first kappa shape index (κ1) is 31.1. The van der Waals surface area contributed by atoms with Crippen LogP contribution in [0.15, 0.2) is 36.7 Å². The van der Waals surface area contributed by atoms with Crippen LogP contribution in [0.3, 0.4) is 0 Å². The van der Waals surface area contributed by atoms with E-state index < -0.39 is 0 Å². The lowest BCUT2D eigenvalue weighted by Gasteiger charge is -2.39. The monoisotopic (exact) mass is 640 g/mol. The smallest absolute Gasteiger partial charge is 0.276 e. The lowest BCUT2D eigenvalue weighted by molar-refractivity contribution is -0.137. The van der Waals surface area contributed by atoms with Gasteiger partial charge >= 0.3 is 0 Å². The molecule has 3 fully saturated rings. The Hall–Kier alpha value is -4.48. The normalized spacial score (nSPS) is 24.4. The van der Waals surface area contributed by atoms with Gasteiger partial charge in [-0.15, -0.1) is 0 Å². The zero-order valence-electron chi connectivity index (χ0n) is 27.3. The molecule has 47 heavy (non-hydrogen) atoms. The third kappa shape index (κ3) is 6.55. The molecule has 1 saturated carbocycles. The van der Waals surface area contributed by atoms with Crippen molar-refractivity contribution in [3.05, 3.63) is 59.2 Å². The van der Waals surface area contributed by atoms with E-state index in [-0.39, 0.29) is 46.9 Å². The Labute approximate surface area is 274 Å². The number of hydrogen-bond donors (Lipinski definition) is 3. The highest BCUT2D eigenvalue weighted by molar-refractivity contribution is 6.04. The number of H-pyrrole nitrogens is 1. The molecule has 0 unspecified atom stereocenters. The summed E-state index contributed by atoms with van der Waals surface area (Å²) in [5, 5.41) is 17.4. The van der Waals surface area contributed by atoms with Gasteiger partial charge in [-0.05, 0) is 74.5 Å². The van der Waals surface area contributed by atoms with E-state index in [2.05, 4.69) is 44.7 Å². The Morgan fingerprint density at radius 2 is 1.70 bits per heavy atom. The van der Waals surface area contributed by atoms with Gasteiger partial charge in [-0.2, -0.15) is 10.2 Å². The van der Waals surface area contributed by atoms with Gasteiger partial charge < -0.3 is 15.1 Å². The maximum atomic E-state index is 13.5. The molecule has 2 aromatic heterocycles. The fourth-order valence-electron chi connectivity index (χ4n) is 7.79. The average Bonchev–Trinajstić information content (AvgIpc) is 3.71. The van der Waals surface area contributed by atoms with Crippen LogP contribution >= 0.6 is 0 Å². The number of anilines is 2. The van der Waals surface area contributed by atoms with E-state index in [9.17, 15) is 19.2 Å². The van der Waals surface area contributed by atoms with E-state index in [0.29, 0.717) is 37.3 Å². The van der Waals surface area contributed by atoms with Crippen molar-refractivity contribution >= 4 is 35.0 Å². The third-order valence-corrected chi connectivity index (χ3v) is 10.6. The highest BCUT2D eigenvalue weighted by atomic mass is 16.2. The second kappa shape index (κ2) is 12.6. The van der Waals surface area contributed by atoms with E-state index >= 15 is 0 Å². The molecule has 3 aromatic rings. The first-order valence-corrected chi connectivity index (χ1v) is 17.0. The number of fused-ring (bicyclic) bond motifs is 1. The van der Waals surface area contributed by atoms with Crippen molar-refractivity contribution in [3.63, 3.8) is 0 Å². The molecule has 3 N–H and O–H groups in total. The summed E-state index contributed by atoms with van der Waals surface area (Å²) in [4.78, 5) is 54.5. The van der Waals surface area contributed by atoms with Gasteiger partial charge in [-0.25, -0.2) is 0 Å². The number of amides is 4. The summed E-state index contributed by atoms with van der Waals surface area (Å²) in [6.45, 7) is 7.39. The molecule has 2 saturated heterocycles. The summed E-state index contributed by atoms with van der Waals surface area (Å²) in [6, 6.07) is 8.23. The highest BCUT2D eigenvalue weighted by Crippen LogP contribution is 2.36. The summed E-state index contributed by atoms with van der Waals surface area (Å²) >= 11 is 0. The number of carbonyl (C=O) groups is 4. The van der Waals surface area contributed by atoms with E-state index in [1.807, 2.05) is 40.0 Å². The van der Waals surface area contributed by atoms with Crippen molar-refractivity contribution in [1.29, 1.82) is 0 Å². The Kier molecular flexibility index (Phi) is 8.36. The summed E-state index contributed by atoms with van der Waals surface area (Å²) in [5.74, 6) is -0.646. The molecule has 1 aromatic carbocycles. The number of carbonyl (C=O) groups excluding carboxylic acids is 4. The maximum Gasteiger partial charge on any atom is 0.276 e. The summed E-state index contributed by atoms with van der Waals surface area (Å²) < 4.78 is 1.93. The molecule has 248 valence electrons. The van der Waals surface area contributed by atoms with Gasteiger partial charge in [0.1, 0.15) is 0 Å². The predicted molar refractivity (Wildman–Crippen MR) is 176 cm³/mol. The summed E-state index contributed by atoms with van der Waals surface area (Å²) in [6.07, 6.45) is 10.7. The molecular weight excluding hydrogens is 596 g/mol. The lowest BCUT2D eigenvalue weighted by atomic mass is 9.76. The van der Waals surface area contributed by atoms with Gasteiger partial charge in [-0.1, -0.05) is 26.0 Å². The largest absolute Gasteiger partial charge is 0.368 e. The zero-order valence-corrected chi connectivity index (χ0v) is 27.3. The minimum Gasteiger partial charge on any atom is -0.368 e. The fourth-order valence-corrected chi connectivity index (χ4v) is 7.79. The molecular formula is C35H44N8O4. The van der Waals surface area contributed by atoms with Crippen molar-refractivity contribution in [1.82, 2.24) is 30.2 Å². The maximum absolute atomic E-state index is 13.5. The Balaban J connectivity index is 0.870. The van der Waals surface area contributed by atoms with Crippen molar-refractivity contribution < 1.29 is 19.2 Å². The van der Waals surface area contributed by atoms with E-state index in [1.54, 1.807) is 6.20 Å². The highest BCUT2D eigenvalue weighted by Gasteiger charge is 2.34. The molecule has 0 bridgehead atoms. The van der Waals surface area contributed by atoms with Gasteiger partial charge in [0, 0.05) is 61.7 Å². The third-order valence-electron chi connectivity index (χ3n) is 10.6. The molecule has 2 aliphatic heterocycles. The van der Waals surface area contributed by atoms with E-state index in [0.717, 1.165) is 80.5 Å². The van der Waals surface area contributed by atoms with Gasteiger partial charge in [0.2, 0.25) is 17.7 Å². The van der Waals surface area contributed by atoms with Crippen molar-refractivity contribution in [3.8, 4) is 0 Å². The van der Waals surface area contributed by atoms with Crippen molar-refractivity contribution in [2.24, 2.45) is 11.3 Å². The number of aromatic amines is 1. The first-order chi connectivity index (χ1) is 22.6. The minimum atomic E-state index is -0.284. The van der Waals surface area contributed by atoms with Crippen LogP contribution in [-0.2, 0) is 27.2 Å². The second-order valence-electron chi connectivity index (χ2n) is 14.4. The molecule has 12 nitrogen and oxygen atoms in total. The molecule has 0 radical (unpaired) electrons. The van der Waals surface area contributed by atoms with Gasteiger partial charge in [-0.3, -0.25) is 34.3 Å². The Morgan fingerprint density at radius 3 is 2.43 bits per heavy atom. The standard InChI is InChI=1S/C35H44N8O4/c1-35(2)14-13-28-29(19-35)39-40-31(28)33(46)37-24-20-36-43(21-24)26-9-5-23(6-10-26)34(47)42-17-15-41(16-18-42)25-7-3-22(4-8-25)27-11-12-30(44)38-32(27)45/h3-4,7-8,20-21,23,26-27H,5-6,9-19H2,1-2H3,(H,37,46)(H,39,40)(H,38,44,45)/t23?,26?,27-/m1/s1. The van der Waals surface area contributed by atoms with Gasteiger partial charge in [0.15, 0.2) is 5.69 Å². The van der Waals surface area contributed by atoms with Crippen LogP contribution < -0.4 is 15.5 Å². The van der Waals surface area contributed by atoms with Crippen LogP contribution in [0.2, 0.25) is 0 Å². The predicted octanol–water partition coefficient (Wildman–Crippen LogP) is 3.97. The molecule has 4 aliphatic rings. The molecule has 1 atom stereocenters. The van der Waals surface area contributed by atoms with Crippen molar-refractivity contribution in [2.45, 2.75) is 83.6 Å².